The van der Waals surface area contributed by atoms with Crippen LogP contribution in [0.2, 0.25) is 0 Å². The Morgan fingerprint density at radius 2 is 2.00 bits per heavy atom. The van der Waals surface area contributed by atoms with E-state index in [1.165, 1.54) is 40.4 Å². The van der Waals surface area contributed by atoms with Crippen LogP contribution in [0.1, 0.15) is 22.3 Å². The number of carbonyl (C=O) groups is 1. The Labute approximate surface area is 193 Å². The minimum Gasteiger partial charge on any atom is -0.744 e. The van der Waals surface area contributed by atoms with E-state index < -0.39 is 28.9 Å². The molecule has 172 valence electrons. The van der Waals surface area contributed by atoms with Crippen LogP contribution in [-0.4, -0.2) is 40.4 Å². The van der Waals surface area contributed by atoms with Crippen molar-refractivity contribution in [2.45, 2.75) is 24.9 Å². The summed E-state index contributed by atoms with van der Waals surface area (Å²) in [6.45, 7) is 3.37. The van der Waals surface area contributed by atoms with Gasteiger partial charge in [-0.2, -0.15) is 0 Å². The Bertz CT molecular complexity index is 1320. The minimum absolute atomic E-state index is 0.342. The minimum atomic E-state index is -4.58. The van der Waals surface area contributed by atoms with E-state index >= 15 is 0 Å². The molecule has 1 aromatic heterocycles. The highest BCUT2D eigenvalue weighted by atomic mass is 32.2. The summed E-state index contributed by atoms with van der Waals surface area (Å²) in [7, 11) is -4.58. The number of benzene rings is 2. The molecule has 0 fully saturated rings. The summed E-state index contributed by atoms with van der Waals surface area (Å²) < 4.78 is 39.1. The first-order valence-corrected chi connectivity index (χ1v) is 11.9. The molecule has 0 radical (unpaired) electrons. The van der Waals surface area contributed by atoms with Gasteiger partial charge in [0.05, 0.1) is 15.4 Å². The van der Waals surface area contributed by atoms with Crippen molar-refractivity contribution in [3.05, 3.63) is 64.7 Å². The fraction of sp³-hybridized carbons (Fsp3) is 0.200. The van der Waals surface area contributed by atoms with E-state index in [0.717, 1.165) is 10.6 Å². The summed E-state index contributed by atoms with van der Waals surface area (Å²) in [5.74, 6) is -0.706. The van der Waals surface area contributed by atoms with Crippen molar-refractivity contribution in [2.75, 3.05) is 11.7 Å². The smallest absolute Gasteiger partial charge is 0.341 e. The zero-order valence-electron chi connectivity index (χ0n) is 17.5. The van der Waals surface area contributed by atoms with E-state index in [1.807, 2.05) is 19.9 Å². The molecule has 0 amide bonds. The van der Waals surface area contributed by atoms with Crippen molar-refractivity contribution in [1.82, 2.24) is 10.4 Å². The van der Waals surface area contributed by atoms with Gasteiger partial charge >= 0.3 is 5.97 Å². The summed E-state index contributed by atoms with van der Waals surface area (Å²) in [4.78, 5) is 17.6. The Morgan fingerprint density at radius 1 is 1.27 bits per heavy atom. The van der Waals surface area contributed by atoms with Crippen LogP contribution in [-0.2, 0) is 14.9 Å². The van der Waals surface area contributed by atoms with Crippen LogP contribution in [0.3, 0.4) is 0 Å². The molecular weight excluding hydrogens is 470 g/mol. The molecule has 1 unspecified atom stereocenters. The molecule has 13 heteroatoms. The van der Waals surface area contributed by atoms with Gasteiger partial charge in [-0.15, -0.1) is 5.43 Å². The molecule has 0 bridgehead atoms. The number of ether oxygens (including phenoxy) is 1. The van der Waals surface area contributed by atoms with Gasteiger partial charge in [-0.25, -0.2) is 18.2 Å². The second kappa shape index (κ2) is 8.86. The first-order chi connectivity index (χ1) is 15.6. The summed E-state index contributed by atoms with van der Waals surface area (Å²) in [5.41, 5.74) is 5.30. The summed E-state index contributed by atoms with van der Waals surface area (Å²) in [6, 6.07) is 12.2. The van der Waals surface area contributed by atoms with Crippen molar-refractivity contribution < 1.29 is 32.4 Å². The number of hydrogen-bond donors (Lipinski definition) is 2. The van der Waals surface area contributed by atoms with Gasteiger partial charge in [0, 0.05) is 27.7 Å². The van der Waals surface area contributed by atoms with Crippen molar-refractivity contribution in [3.8, 4) is 5.75 Å². The molecule has 33 heavy (non-hydrogen) atoms. The van der Waals surface area contributed by atoms with E-state index in [4.69, 9.17) is 9.84 Å². The number of carboxylic acid groups (broad SMARTS) is 1. The Balaban J connectivity index is 1.71. The highest BCUT2D eigenvalue weighted by Gasteiger charge is 2.38. The average Bonchev–Trinajstić information content (AvgIpc) is 3.36. The normalized spacial score (nSPS) is 16.0. The fourth-order valence-corrected chi connectivity index (χ4v) is 4.36. The van der Waals surface area contributed by atoms with Crippen molar-refractivity contribution >= 4 is 38.2 Å². The molecule has 0 spiro atoms. The van der Waals surface area contributed by atoms with Crippen molar-refractivity contribution in [2.24, 2.45) is 5.11 Å². The number of rotatable bonds is 7. The SMILES string of the molecule is Cc1nc(N2NC(c3cccc(OCC(=O)O)c3)N=[N+]2c2ccc(S(=O)(=O)[O-])cc2)sc1C. The highest BCUT2D eigenvalue weighted by Crippen LogP contribution is 2.34. The molecule has 1 aliphatic rings. The lowest BCUT2D eigenvalue weighted by molar-refractivity contribution is -0.517. The van der Waals surface area contributed by atoms with Crippen LogP contribution in [0, 0.1) is 13.8 Å². The predicted molar refractivity (Wildman–Crippen MR) is 116 cm³/mol. The molecule has 11 nitrogen and oxygen atoms in total. The lowest BCUT2D eigenvalue weighted by Gasteiger charge is -2.11. The Morgan fingerprint density at radius 3 is 2.61 bits per heavy atom. The second-order valence-corrected chi connectivity index (χ2v) is 9.65. The number of aromatic nitrogens is 1. The van der Waals surface area contributed by atoms with E-state index in [1.54, 1.807) is 23.3 Å². The zero-order valence-corrected chi connectivity index (χ0v) is 19.1. The zero-order chi connectivity index (χ0) is 23.8. The van der Waals surface area contributed by atoms with Gasteiger partial charge < -0.3 is 14.4 Å². The van der Waals surface area contributed by atoms with Crippen LogP contribution in [0.5, 0.6) is 5.75 Å². The van der Waals surface area contributed by atoms with Gasteiger partial charge in [0.1, 0.15) is 15.9 Å². The number of aryl methyl sites for hydroxylation is 2. The Hall–Kier alpha value is -3.39. The highest BCUT2D eigenvalue weighted by molar-refractivity contribution is 7.85. The molecule has 0 saturated carbocycles. The van der Waals surface area contributed by atoms with Gasteiger partial charge in [-0.05, 0) is 43.2 Å². The first kappa shape index (κ1) is 22.8. The number of nitrogens with zero attached hydrogens (tertiary/aromatic N) is 4. The molecule has 3 aromatic rings. The predicted octanol–water partition coefficient (Wildman–Crippen LogP) is 2.86. The van der Waals surface area contributed by atoms with Crippen LogP contribution >= 0.6 is 11.3 Å². The lowest BCUT2D eigenvalue weighted by Crippen LogP contribution is -2.38. The number of carboxylic acids is 1. The molecule has 4 rings (SSSR count). The number of hydrazine groups is 2. The third-order valence-electron chi connectivity index (χ3n) is 4.75. The Kier molecular flexibility index (Phi) is 6.12. The number of azo groups is 1. The van der Waals surface area contributed by atoms with E-state index in [0.29, 0.717) is 22.1 Å². The molecular formula is C20H19N5O6S2. The maximum atomic E-state index is 11.3. The van der Waals surface area contributed by atoms with E-state index in [9.17, 15) is 17.8 Å². The average molecular weight is 490 g/mol. The molecule has 2 N–H and O–H groups in total. The standard InChI is InChI=1S/C20H19N5O6S2/c1-12-13(2)32-20(21-12)25-23-19(14-4-3-5-16(10-14)31-11-18(26)27)22-24(25)15-6-8-17(9-7-15)33(28,29)30/h3-10,19,23H,11H2,1-2H3,(H-,26,27,28,29,30). The van der Waals surface area contributed by atoms with Crippen molar-refractivity contribution in [1.29, 1.82) is 0 Å². The fourth-order valence-electron chi connectivity index (χ4n) is 3.03. The molecule has 1 aliphatic heterocycles. The maximum absolute atomic E-state index is 11.3. The number of nitrogens with one attached hydrogen (secondary N) is 1. The van der Waals surface area contributed by atoms with Gasteiger partial charge in [-0.3, -0.25) is 0 Å². The maximum Gasteiger partial charge on any atom is 0.341 e. The first-order valence-electron chi connectivity index (χ1n) is 9.63. The van der Waals surface area contributed by atoms with Gasteiger partial charge in [-0.1, -0.05) is 23.5 Å². The van der Waals surface area contributed by atoms with Gasteiger partial charge in [0.2, 0.25) is 6.17 Å². The van der Waals surface area contributed by atoms with Crippen molar-refractivity contribution in [3.63, 3.8) is 0 Å². The van der Waals surface area contributed by atoms with Crippen LogP contribution < -0.4 is 15.3 Å². The van der Waals surface area contributed by atoms with E-state index in [-0.39, 0.29) is 4.90 Å². The summed E-state index contributed by atoms with van der Waals surface area (Å²) >= 11 is 1.44. The third kappa shape index (κ3) is 5.01. The molecule has 0 aliphatic carbocycles. The van der Waals surface area contributed by atoms with Gasteiger partial charge in [0.15, 0.2) is 6.61 Å². The van der Waals surface area contributed by atoms with Crippen LogP contribution in [0.25, 0.3) is 0 Å². The lowest BCUT2D eigenvalue weighted by atomic mass is 10.2. The molecule has 0 saturated heterocycles. The second-order valence-electron chi connectivity index (χ2n) is 7.09. The topological polar surface area (TPSA) is 147 Å². The van der Waals surface area contributed by atoms with Gasteiger partial charge in [0.25, 0.3) is 10.8 Å². The quantitative estimate of drug-likeness (QED) is 0.377. The summed E-state index contributed by atoms with van der Waals surface area (Å²) in [5, 5.41) is 15.7. The molecule has 1 atom stereocenters. The number of anilines is 1. The van der Waals surface area contributed by atoms with Crippen LogP contribution in [0.4, 0.5) is 10.8 Å². The number of thiazole rings is 1. The third-order valence-corrected chi connectivity index (χ3v) is 6.65. The van der Waals surface area contributed by atoms with Crippen LogP contribution in [0.15, 0.2) is 58.5 Å². The number of aliphatic carboxylic acids is 1. The van der Waals surface area contributed by atoms with E-state index in [2.05, 4.69) is 15.5 Å². The number of hydrogen-bond acceptors (Lipinski definition) is 10. The summed E-state index contributed by atoms with van der Waals surface area (Å²) in [6.07, 6.45) is -0.578. The largest absolute Gasteiger partial charge is 0.744 e. The molecule has 2 aromatic carbocycles. The molecule has 2 heterocycles. The monoisotopic (exact) mass is 489 g/mol.